The van der Waals surface area contributed by atoms with E-state index >= 15 is 0 Å². The molecule has 0 amide bonds. The average Bonchev–Trinajstić information content (AvgIpc) is 1.97. The molecule has 1 aromatic rings. The third kappa shape index (κ3) is 2.43. The molecule has 0 saturated heterocycles. The quantitative estimate of drug-likeness (QED) is 0.484. The van der Waals surface area contributed by atoms with Crippen molar-refractivity contribution >= 4 is 31.3 Å². The minimum Gasteiger partial charge on any atom is -0.398 e. The third-order valence-corrected chi connectivity index (χ3v) is 3.88. The molecule has 9 heteroatoms. The van der Waals surface area contributed by atoms with Crippen LogP contribution in [-0.2, 0) is 20.0 Å². The Balaban J connectivity index is 3.72. The maximum atomic E-state index is 11.2. The Morgan fingerprint density at radius 3 is 1.81 bits per heavy atom. The average molecular weight is 266 g/mol. The van der Waals surface area contributed by atoms with Crippen molar-refractivity contribution in [2.45, 2.75) is 9.79 Å². The fourth-order valence-electron chi connectivity index (χ4n) is 1.14. The number of nitrogen functional groups attached to an aromatic ring is 2. The zero-order chi connectivity index (χ0) is 12.7. The van der Waals surface area contributed by atoms with Gasteiger partial charge in [-0.15, -0.1) is 0 Å². The number of nitrogens with two attached hydrogens (primary N) is 2. The highest BCUT2D eigenvalue weighted by Gasteiger charge is 2.20. The molecule has 1 rings (SSSR count). The molecule has 0 fully saturated rings. The fraction of sp³-hybridized carbons (Fsp3) is 0.143. The minimum absolute atomic E-state index is 0.174. The van der Waals surface area contributed by atoms with Gasteiger partial charge in [0.05, 0.1) is 16.3 Å². The van der Waals surface area contributed by atoms with Crippen molar-refractivity contribution in [3.8, 4) is 0 Å². The molecule has 0 spiro atoms. The van der Waals surface area contributed by atoms with Crippen molar-refractivity contribution in [3.05, 3.63) is 12.1 Å². The van der Waals surface area contributed by atoms with Crippen LogP contribution >= 0.6 is 0 Å². The summed E-state index contributed by atoms with van der Waals surface area (Å²) in [5.74, 6) is 0. The van der Waals surface area contributed by atoms with Crippen LogP contribution in [0.2, 0.25) is 0 Å². The van der Waals surface area contributed by atoms with Crippen LogP contribution in [-0.4, -0.2) is 27.6 Å². The number of sulfone groups is 1. The molecule has 0 saturated carbocycles. The fourth-order valence-corrected chi connectivity index (χ4v) is 2.66. The predicted octanol–water partition coefficient (Wildman–Crippen LogP) is -0.499. The monoisotopic (exact) mass is 266 g/mol. The molecular formula is C7H10N2O5S2. The summed E-state index contributed by atoms with van der Waals surface area (Å²) in [5, 5.41) is 0. The van der Waals surface area contributed by atoms with Gasteiger partial charge in [-0.1, -0.05) is 0 Å². The van der Waals surface area contributed by atoms with Gasteiger partial charge in [0.25, 0.3) is 10.1 Å². The number of hydrogen-bond acceptors (Lipinski definition) is 6. The Morgan fingerprint density at radius 1 is 1.00 bits per heavy atom. The van der Waals surface area contributed by atoms with E-state index in [0.29, 0.717) is 0 Å². The normalized spacial score (nSPS) is 12.6. The second kappa shape index (κ2) is 3.61. The Bertz CT molecular complexity index is 580. The molecule has 90 valence electrons. The maximum absolute atomic E-state index is 11.2. The van der Waals surface area contributed by atoms with Crippen molar-refractivity contribution in [2.24, 2.45) is 0 Å². The van der Waals surface area contributed by atoms with Crippen LogP contribution in [0, 0.1) is 0 Å². The van der Waals surface area contributed by atoms with Crippen molar-refractivity contribution in [1.29, 1.82) is 0 Å². The van der Waals surface area contributed by atoms with Crippen molar-refractivity contribution in [1.82, 2.24) is 0 Å². The third-order valence-electron chi connectivity index (χ3n) is 1.82. The van der Waals surface area contributed by atoms with Gasteiger partial charge < -0.3 is 11.5 Å². The summed E-state index contributed by atoms with van der Waals surface area (Å²) in [7, 11) is -8.27. The summed E-state index contributed by atoms with van der Waals surface area (Å²) in [6, 6.07) is 1.70. The number of rotatable bonds is 2. The zero-order valence-corrected chi connectivity index (χ0v) is 9.84. The molecular weight excluding hydrogens is 256 g/mol. The second-order valence-electron chi connectivity index (χ2n) is 3.18. The maximum Gasteiger partial charge on any atom is 0.296 e. The first-order valence-electron chi connectivity index (χ1n) is 3.90. The second-order valence-corrected chi connectivity index (χ2v) is 6.55. The molecule has 0 radical (unpaired) electrons. The Hall–Kier alpha value is -1.32. The standard InChI is InChI=1S/C7H10N2O5S2/c1-15(10,11)6-3-7(16(12,13)14)5(9)2-4(6)8/h2-3H,8-9H2,1H3,(H,12,13,14). The van der Waals surface area contributed by atoms with Gasteiger partial charge in [0.15, 0.2) is 9.84 Å². The molecule has 0 aliphatic heterocycles. The Kier molecular flexibility index (Phi) is 2.88. The van der Waals surface area contributed by atoms with E-state index in [1.807, 2.05) is 0 Å². The summed E-state index contributed by atoms with van der Waals surface area (Å²) in [4.78, 5) is -1.07. The largest absolute Gasteiger partial charge is 0.398 e. The van der Waals surface area contributed by atoms with Crippen molar-refractivity contribution < 1.29 is 21.4 Å². The van der Waals surface area contributed by atoms with Gasteiger partial charge in [0.2, 0.25) is 0 Å². The van der Waals surface area contributed by atoms with Gasteiger partial charge in [-0.3, -0.25) is 4.55 Å². The lowest BCUT2D eigenvalue weighted by Crippen LogP contribution is -2.09. The van der Waals surface area contributed by atoms with Gasteiger partial charge >= 0.3 is 0 Å². The first-order valence-corrected chi connectivity index (χ1v) is 7.23. The lowest BCUT2D eigenvalue weighted by molar-refractivity contribution is 0.483. The van der Waals surface area contributed by atoms with E-state index in [2.05, 4.69) is 0 Å². The van der Waals surface area contributed by atoms with Crippen LogP contribution in [0.5, 0.6) is 0 Å². The van der Waals surface area contributed by atoms with E-state index < -0.39 is 29.7 Å². The summed E-state index contributed by atoms with van der Waals surface area (Å²) in [6.07, 6.45) is 0.864. The number of benzene rings is 1. The number of hydrogen-bond donors (Lipinski definition) is 3. The van der Waals surface area contributed by atoms with E-state index in [1.54, 1.807) is 0 Å². The van der Waals surface area contributed by atoms with Gasteiger partial charge in [0, 0.05) is 6.26 Å². The molecule has 0 aliphatic rings. The van der Waals surface area contributed by atoms with Crippen molar-refractivity contribution in [2.75, 3.05) is 17.7 Å². The van der Waals surface area contributed by atoms with E-state index in [9.17, 15) is 16.8 Å². The van der Waals surface area contributed by atoms with Crippen LogP contribution < -0.4 is 11.5 Å². The topological polar surface area (TPSA) is 141 Å². The Morgan fingerprint density at radius 2 is 1.44 bits per heavy atom. The smallest absolute Gasteiger partial charge is 0.296 e. The SMILES string of the molecule is CS(=O)(=O)c1cc(S(=O)(=O)O)c(N)cc1N. The molecule has 0 atom stereocenters. The van der Waals surface area contributed by atoms with Gasteiger partial charge in [0.1, 0.15) is 4.90 Å². The molecule has 16 heavy (non-hydrogen) atoms. The van der Waals surface area contributed by atoms with E-state index in [-0.39, 0.29) is 11.4 Å². The zero-order valence-electron chi connectivity index (χ0n) is 8.21. The molecule has 0 aromatic heterocycles. The van der Waals surface area contributed by atoms with E-state index in [1.165, 1.54) is 0 Å². The van der Waals surface area contributed by atoms with Crippen molar-refractivity contribution in [3.63, 3.8) is 0 Å². The lowest BCUT2D eigenvalue weighted by Gasteiger charge is -2.08. The molecule has 7 nitrogen and oxygen atoms in total. The Labute approximate surface area is 92.7 Å². The van der Waals surface area contributed by atoms with Crippen LogP contribution in [0.25, 0.3) is 0 Å². The highest BCUT2D eigenvalue weighted by atomic mass is 32.2. The minimum atomic E-state index is -4.58. The molecule has 0 heterocycles. The summed E-state index contributed by atoms with van der Waals surface area (Å²) in [6.45, 7) is 0. The molecule has 1 aromatic carbocycles. The highest BCUT2D eigenvalue weighted by molar-refractivity contribution is 7.91. The molecule has 5 N–H and O–H groups in total. The van der Waals surface area contributed by atoms with E-state index in [0.717, 1.165) is 18.4 Å². The molecule has 0 aliphatic carbocycles. The van der Waals surface area contributed by atoms with Gasteiger partial charge in [-0.25, -0.2) is 8.42 Å². The summed E-state index contributed by atoms with van der Waals surface area (Å²) >= 11 is 0. The molecule has 0 bridgehead atoms. The number of anilines is 2. The highest BCUT2D eigenvalue weighted by Crippen LogP contribution is 2.27. The van der Waals surface area contributed by atoms with Crippen LogP contribution in [0.1, 0.15) is 0 Å². The molecule has 0 unspecified atom stereocenters. The predicted molar refractivity (Wildman–Crippen MR) is 58.2 cm³/mol. The van der Waals surface area contributed by atoms with E-state index in [4.69, 9.17) is 16.0 Å². The van der Waals surface area contributed by atoms with Crippen LogP contribution in [0.4, 0.5) is 11.4 Å². The van der Waals surface area contributed by atoms with Crippen LogP contribution in [0.3, 0.4) is 0 Å². The van der Waals surface area contributed by atoms with Gasteiger partial charge in [-0.2, -0.15) is 8.42 Å². The first kappa shape index (κ1) is 12.7. The summed E-state index contributed by atoms with van der Waals surface area (Å²) < 4.78 is 53.1. The van der Waals surface area contributed by atoms with Crippen LogP contribution in [0.15, 0.2) is 21.9 Å². The lowest BCUT2D eigenvalue weighted by atomic mass is 10.3. The first-order chi connectivity index (χ1) is 7.03. The van der Waals surface area contributed by atoms with Gasteiger partial charge in [-0.05, 0) is 12.1 Å². The summed E-state index contributed by atoms with van der Waals surface area (Å²) in [5.41, 5.74) is 10.2.